The van der Waals surface area contributed by atoms with Crippen LogP contribution in [-0.4, -0.2) is 43.5 Å². The van der Waals surface area contributed by atoms with Gasteiger partial charge in [0.1, 0.15) is 10.6 Å². The minimum atomic E-state index is -3.93. The van der Waals surface area contributed by atoms with Gasteiger partial charge >= 0.3 is 0 Å². The van der Waals surface area contributed by atoms with Crippen molar-refractivity contribution in [3.05, 3.63) is 47.3 Å². The molecule has 1 amide bonds. The Morgan fingerprint density at radius 3 is 2.52 bits per heavy atom. The molecule has 8 nitrogen and oxygen atoms in total. The van der Waals surface area contributed by atoms with E-state index < -0.39 is 16.1 Å². The molecule has 1 heterocycles. The van der Waals surface area contributed by atoms with Gasteiger partial charge in [0, 0.05) is 13.1 Å². The van der Waals surface area contributed by atoms with Crippen LogP contribution in [0.15, 0.2) is 39.8 Å². The van der Waals surface area contributed by atoms with Gasteiger partial charge in [0.2, 0.25) is 15.9 Å². The molecule has 0 aliphatic rings. The molecule has 3 N–H and O–H groups in total. The van der Waals surface area contributed by atoms with Gasteiger partial charge in [0.15, 0.2) is 5.76 Å². The SMILES string of the molecule is Cc1noc(C)c1S(=O)(=O)NC(C)C(=O)N(CCCN)Cc1ccccc1. The Morgan fingerprint density at radius 1 is 1.30 bits per heavy atom. The maximum Gasteiger partial charge on any atom is 0.246 e. The number of hydrogen-bond acceptors (Lipinski definition) is 6. The van der Waals surface area contributed by atoms with Gasteiger partial charge in [-0.1, -0.05) is 35.5 Å². The zero-order valence-electron chi connectivity index (χ0n) is 15.8. The summed E-state index contributed by atoms with van der Waals surface area (Å²) < 4.78 is 32.6. The molecule has 0 saturated heterocycles. The van der Waals surface area contributed by atoms with Gasteiger partial charge in [-0.3, -0.25) is 4.79 Å². The van der Waals surface area contributed by atoms with E-state index >= 15 is 0 Å². The highest BCUT2D eigenvalue weighted by Crippen LogP contribution is 2.19. The molecule has 1 aromatic heterocycles. The van der Waals surface area contributed by atoms with Gasteiger partial charge in [-0.05, 0) is 39.3 Å². The predicted molar refractivity (Wildman–Crippen MR) is 101 cm³/mol. The van der Waals surface area contributed by atoms with Crippen molar-refractivity contribution in [3.63, 3.8) is 0 Å². The Labute approximate surface area is 159 Å². The molecular formula is C18H26N4O4S. The van der Waals surface area contributed by atoms with Crippen LogP contribution >= 0.6 is 0 Å². The standard InChI is InChI=1S/C18H26N4O4S/c1-13-17(15(3)26-20-13)27(24,25)21-14(2)18(23)22(11-7-10-19)12-16-8-5-4-6-9-16/h4-6,8-9,14,21H,7,10-12,19H2,1-3H3. The second-order valence-corrected chi connectivity index (χ2v) is 8.03. The van der Waals surface area contributed by atoms with Crippen LogP contribution in [0.2, 0.25) is 0 Å². The lowest BCUT2D eigenvalue weighted by atomic mass is 10.2. The maximum atomic E-state index is 12.9. The number of carbonyl (C=O) groups excluding carboxylic acids is 1. The molecule has 1 aromatic carbocycles. The van der Waals surface area contributed by atoms with Crippen molar-refractivity contribution in [3.8, 4) is 0 Å². The lowest BCUT2D eigenvalue weighted by molar-refractivity contribution is -0.133. The highest BCUT2D eigenvalue weighted by molar-refractivity contribution is 7.89. The molecule has 0 spiro atoms. The van der Waals surface area contributed by atoms with E-state index in [2.05, 4.69) is 9.88 Å². The van der Waals surface area contributed by atoms with Gasteiger partial charge < -0.3 is 15.2 Å². The summed E-state index contributed by atoms with van der Waals surface area (Å²) in [6, 6.07) is 8.58. The fraction of sp³-hybridized carbons (Fsp3) is 0.444. The number of benzene rings is 1. The zero-order valence-corrected chi connectivity index (χ0v) is 16.6. The van der Waals surface area contributed by atoms with Crippen molar-refractivity contribution in [1.82, 2.24) is 14.8 Å². The van der Waals surface area contributed by atoms with Gasteiger partial charge in [0.05, 0.1) is 6.04 Å². The monoisotopic (exact) mass is 394 g/mol. The average Bonchev–Trinajstić information content (AvgIpc) is 2.97. The molecule has 0 bridgehead atoms. The van der Waals surface area contributed by atoms with Crippen LogP contribution in [0.4, 0.5) is 0 Å². The molecule has 0 aliphatic heterocycles. The maximum absolute atomic E-state index is 12.9. The summed E-state index contributed by atoms with van der Waals surface area (Å²) in [5, 5.41) is 3.66. The number of nitrogens with zero attached hydrogens (tertiary/aromatic N) is 2. The predicted octanol–water partition coefficient (Wildman–Crippen LogP) is 1.34. The van der Waals surface area contributed by atoms with Crippen molar-refractivity contribution >= 4 is 15.9 Å². The van der Waals surface area contributed by atoms with Crippen LogP contribution in [0.25, 0.3) is 0 Å². The highest BCUT2D eigenvalue weighted by atomic mass is 32.2. The van der Waals surface area contributed by atoms with Crippen LogP contribution in [0.3, 0.4) is 0 Å². The molecule has 0 radical (unpaired) electrons. The van der Waals surface area contributed by atoms with Crippen molar-refractivity contribution < 1.29 is 17.7 Å². The number of amides is 1. The van der Waals surface area contributed by atoms with E-state index in [1.54, 1.807) is 11.8 Å². The first-order chi connectivity index (χ1) is 12.8. The number of aryl methyl sites for hydroxylation is 2. The summed E-state index contributed by atoms with van der Waals surface area (Å²) in [5.41, 5.74) is 6.79. The zero-order chi connectivity index (χ0) is 20.0. The summed E-state index contributed by atoms with van der Waals surface area (Å²) in [6.45, 7) is 5.86. The Hall–Kier alpha value is -2.23. The molecule has 2 aromatic rings. The van der Waals surface area contributed by atoms with Crippen LogP contribution in [0.5, 0.6) is 0 Å². The first kappa shape index (κ1) is 21.1. The topological polar surface area (TPSA) is 119 Å². The van der Waals surface area contributed by atoms with Crippen molar-refractivity contribution in [2.45, 2.75) is 44.7 Å². The van der Waals surface area contributed by atoms with Gasteiger partial charge in [0.25, 0.3) is 0 Å². The lowest BCUT2D eigenvalue weighted by Crippen LogP contribution is -2.47. The second kappa shape index (κ2) is 9.12. The third kappa shape index (κ3) is 5.38. The number of hydrogen-bond donors (Lipinski definition) is 2. The van der Waals surface area contributed by atoms with Crippen molar-refractivity contribution in [2.24, 2.45) is 5.73 Å². The number of nitrogens with two attached hydrogens (primary N) is 1. The van der Waals surface area contributed by atoms with Crippen molar-refractivity contribution in [1.29, 1.82) is 0 Å². The first-order valence-corrected chi connectivity index (χ1v) is 10.2. The molecule has 2 rings (SSSR count). The van der Waals surface area contributed by atoms with E-state index in [0.717, 1.165) is 5.56 Å². The minimum Gasteiger partial charge on any atom is -0.360 e. The summed E-state index contributed by atoms with van der Waals surface area (Å²) >= 11 is 0. The Balaban J connectivity index is 2.16. The van der Waals surface area contributed by atoms with Gasteiger partial charge in [-0.15, -0.1) is 0 Å². The van der Waals surface area contributed by atoms with Gasteiger partial charge in [-0.25, -0.2) is 8.42 Å². The summed E-state index contributed by atoms with van der Waals surface area (Å²) in [7, 11) is -3.93. The normalized spacial score (nSPS) is 12.7. The number of carbonyl (C=O) groups is 1. The molecule has 148 valence electrons. The fourth-order valence-electron chi connectivity index (χ4n) is 2.83. The van der Waals surface area contributed by atoms with Crippen molar-refractivity contribution in [2.75, 3.05) is 13.1 Å². The molecule has 0 saturated carbocycles. The molecule has 9 heteroatoms. The smallest absolute Gasteiger partial charge is 0.246 e. The first-order valence-electron chi connectivity index (χ1n) is 8.74. The molecule has 27 heavy (non-hydrogen) atoms. The fourth-order valence-corrected chi connectivity index (χ4v) is 4.35. The Kier molecular flexibility index (Phi) is 7.11. The molecule has 1 unspecified atom stereocenters. The van der Waals surface area contributed by atoms with Gasteiger partial charge in [-0.2, -0.15) is 4.72 Å². The quantitative estimate of drug-likeness (QED) is 0.662. The summed E-state index contributed by atoms with van der Waals surface area (Å²) in [5.74, 6) is -0.133. The molecule has 0 fully saturated rings. The Morgan fingerprint density at radius 2 is 1.96 bits per heavy atom. The summed E-state index contributed by atoms with van der Waals surface area (Å²) in [4.78, 5) is 14.5. The minimum absolute atomic E-state index is 0.0290. The van der Waals surface area contributed by atoms with E-state index in [9.17, 15) is 13.2 Å². The van der Waals surface area contributed by atoms with E-state index in [4.69, 9.17) is 10.3 Å². The third-order valence-electron chi connectivity index (χ3n) is 4.10. The molecular weight excluding hydrogens is 368 g/mol. The van der Waals surface area contributed by atoms with E-state index in [0.29, 0.717) is 26.1 Å². The molecule has 0 aliphatic carbocycles. The number of nitrogens with one attached hydrogen (secondary N) is 1. The third-order valence-corrected chi connectivity index (χ3v) is 5.88. The van der Waals surface area contributed by atoms with E-state index in [1.807, 2.05) is 30.3 Å². The highest BCUT2D eigenvalue weighted by Gasteiger charge is 2.30. The number of sulfonamides is 1. The lowest BCUT2D eigenvalue weighted by Gasteiger charge is -2.26. The summed E-state index contributed by atoms with van der Waals surface area (Å²) in [6.07, 6.45) is 0.627. The van der Waals surface area contributed by atoms with Crippen LogP contribution in [0.1, 0.15) is 30.4 Å². The number of rotatable bonds is 9. The van der Waals surface area contributed by atoms with E-state index in [-0.39, 0.29) is 22.3 Å². The van der Waals surface area contributed by atoms with Crippen LogP contribution < -0.4 is 10.5 Å². The van der Waals surface area contributed by atoms with Crippen LogP contribution in [0, 0.1) is 13.8 Å². The average molecular weight is 394 g/mol. The Bertz CT molecular complexity index is 845. The van der Waals surface area contributed by atoms with E-state index in [1.165, 1.54) is 13.8 Å². The molecule has 1 atom stereocenters. The largest absolute Gasteiger partial charge is 0.360 e. The van der Waals surface area contributed by atoms with Crippen LogP contribution in [-0.2, 0) is 21.4 Å². The second-order valence-electron chi connectivity index (χ2n) is 6.38. The number of aromatic nitrogens is 1.